The van der Waals surface area contributed by atoms with E-state index in [0.29, 0.717) is 11.2 Å². The molecule has 21 heavy (non-hydrogen) atoms. The smallest absolute Gasteiger partial charge is 0.167 e. The molecule has 0 radical (unpaired) electrons. The number of nitrogen functional groups attached to an aromatic ring is 1. The average molecular weight is 287 g/mol. The van der Waals surface area contributed by atoms with Crippen LogP contribution in [-0.2, 0) is 4.74 Å². The number of terminal acetylenes is 1. The SMILES string of the molecule is C#C/C=C/C1O[C@@H](n2cnc3c(N)ncnc32)[C@H](O)[C@@H]1O. The van der Waals surface area contributed by atoms with Crippen molar-refractivity contribution in [2.75, 3.05) is 5.73 Å². The molecule has 0 aliphatic carbocycles. The lowest BCUT2D eigenvalue weighted by Gasteiger charge is -2.16. The maximum atomic E-state index is 10.1. The van der Waals surface area contributed by atoms with E-state index in [0.717, 1.165) is 0 Å². The van der Waals surface area contributed by atoms with Crippen LogP contribution in [0.3, 0.4) is 0 Å². The van der Waals surface area contributed by atoms with Crippen LogP contribution in [0.15, 0.2) is 24.8 Å². The van der Waals surface area contributed by atoms with Crippen molar-refractivity contribution >= 4 is 17.0 Å². The van der Waals surface area contributed by atoms with Crippen LogP contribution < -0.4 is 5.73 Å². The molecular formula is C13H13N5O3. The molecule has 1 fully saturated rings. The molecule has 0 aromatic carbocycles. The van der Waals surface area contributed by atoms with E-state index in [1.807, 2.05) is 0 Å². The first-order valence-corrected chi connectivity index (χ1v) is 6.21. The van der Waals surface area contributed by atoms with Gasteiger partial charge in [-0.1, -0.05) is 5.92 Å². The molecule has 8 nitrogen and oxygen atoms in total. The van der Waals surface area contributed by atoms with Gasteiger partial charge in [0.1, 0.15) is 30.2 Å². The van der Waals surface area contributed by atoms with Crippen LogP contribution in [0.1, 0.15) is 6.23 Å². The minimum Gasteiger partial charge on any atom is -0.387 e. The summed E-state index contributed by atoms with van der Waals surface area (Å²) in [7, 11) is 0. The molecule has 0 saturated carbocycles. The minimum absolute atomic E-state index is 0.232. The van der Waals surface area contributed by atoms with Crippen LogP contribution in [0, 0.1) is 12.3 Å². The highest BCUT2D eigenvalue weighted by Crippen LogP contribution is 2.32. The number of nitrogens with zero attached hydrogens (tertiary/aromatic N) is 4. The summed E-state index contributed by atoms with van der Waals surface area (Å²) in [6.45, 7) is 0. The summed E-state index contributed by atoms with van der Waals surface area (Å²) in [5, 5.41) is 20.1. The Morgan fingerprint density at radius 3 is 2.90 bits per heavy atom. The molecular weight excluding hydrogens is 274 g/mol. The molecule has 1 aliphatic rings. The van der Waals surface area contributed by atoms with Crippen LogP contribution >= 0.6 is 0 Å². The Morgan fingerprint density at radius 2 is 2.14 bits per heavy atom. The predicted molar refractivity (Wildman–Crippen MR) is 73.6 cm³/mol. The first-order valence-electron chi connectivity index (χ1n) is 6.21. The zero-order chi connectivity index (χ0) is 15.0. The monoisotopic (exact) mass is 287 g/mol. The van der Waals surface area contributed by atoms with Gasteiger partial charge in [-0.05, 0) is 12.2 Å². The summed E-state index contributed by atoms with van der Waals surface area (Å²) in [6.07, 6.45) is 6.98. The normalized spacial score (nSPS) is 29.2. The fraction of sp³-hybridized carbons (Fsp3) is 0.308. The Morgan fingerprint density at radius 1 is 1.33 bits per heavy atom. The lowest BCUT2D eigenvalue weighted by molar-refractivity contribution is -0.0244. The number of aromatic nitrogens is 4. The van der Waals surface area contributed by atoms with Crippen LogP contribution in [0.4, 0.5) is 5.82 Å². The van der Waals surface area contributed by atoms with Gasteiger partial charge in [0.2, 0.25) is 0 Å². The van der Waals surface area contributed by atoms with Gasteiger partial charge in [0.05, 0.1) is 6.33 Å². The molecule has 0 bridgehead atoms. The molecule has 1 saturated heterocycles. The summed E-state index contributed by atoms with van der Waals surface area (Å²) >= 11 is 0. The fourth-order valence-corrected chi connectivity index (χ4v) is 2.28. The highest BCUT2D eigenvalue weighted by atomic mass is 16.6. The Hall–Kier alpha value is -2.47. The third-order valence-electron chi connectivity index (χ3n) is 3.32. The van der Waals surface area contributed by atoms with Gasteiger partial charge in [-0.25, -0.2) is 15.0 Å². The molecule has 108 valence electrons. The van der Waals surface area contributed by atoms with Crippen molar-refractivity contribution in [3.05, 3.63) is 24.8 Å². The van der Waals surface area contributed by atoms with Gasteiger partial charge in [0.15, 0.2) is 17.7 Å². The number of hydrogen-bond donors (Lipinski definition) is 3. The van der Waals surface area contributed by atoms with E-state index in [1.54, 1.807) is 0 Å². The lowest BCUT2D eigenvalue weighted by Crippen LogP contribution is -2.30. The van der Waals surface area contributed by atoms with Gasteiger partial charge in [0.25, 0.3) is 0 Å². The molecule has 1 unspecified atom stereocenters. The first-order chi connectivity index (χ1) is 10.1. The summed E-state index contributed by atoms with van der Waals surface area (Å²) in [6, 6.07) is 0. The van der Waals surface area contributed by atoms with Crippen molar-refractivity contribution in [1.29, 1.82) is 0 Å². The van der Waals surface area contributed by atoms with Gasteiger partial charge in [0, 0.05) is 0 Å². The largest absolute Gasteiger partial charge is 0.387 e. The second-order valence-corrected chi connectivity index (χ2v) is 4.58. The molecule has 4 N–H and O–H groups in total. The van der Waals surface area contributed by atoms with E-state index in [-0.39, 0.29) is 5.82 Å². The Kier molecular flexibility index (Phi) is 3.31. The number of aliphatic hydroxyl groups excluding tert-OH is 2. The summed E-state index contributed by atoms with van der Waals surface area (Å²) in [5.74, 6) is 2.54. The van der Waals surface area contributed by atoms with Crippen LogP contribution in [0.2, 0.25) is 0 Å². The van der Waals surface area contributed by atoms with Gasteiger partial charge in [-0.2, -0.15) is 0 Å². The van der Waals surface area contributed by atoms with Gasteiger partial charge < -0.3 is 20.7 Å². The van der Waals surface area contributed by atoms with E-state index in [9.17, 15) is 10.2 Å². The van der Waals surface area contributed by atoms with Crippen molar-refractivity contribution in [2.24, 2.45) is 0 Å². The number of ether oxygens (including phenoxy) is 1. The van der Waals surface area contributed by atoms with Gasteiger partial charge in [-0.3, -0.25) is 4.57 Å². The molecule has 2 aromatic heterocycles. The highest BCUT2D eigenvalue weighted by molar-refractivity contribution is 5.81. The van der Waals surface area contributed by atoms with E-state index in [1.165, 1.54) is 29.4 Å². The van der Waals surface area contributed by atoms with E-state index < -0.39 is 24.5 Å². The van der Waals surface area contributed by atoms with Crippen molar-refractivity contribution in [3.63, 3.8) is 0 Å². The van der Waals surface area contributed by atoms with Gasteiger partial charge >= 0.3 is 0 Å². The van der Waals surface area contributed by atoms with Crippen LogP contribution in [0.25, 0.3) is 11.2 Å². The zero-order valence-electron chi connectivity index (χ0n) is 10.9. The number of allylic oxidation sites excluding steroid dienone is 1. The number of nitrogens with two attached hydrogens (primary N) is 1. The van der Waals surface area contributed by atoms with Crippen molar-refractivity contribution in [2.45, 2.75) is 24.5 Å². The summed E-state index contributed by atoms with van der Waals surface area (Å²) < 4.78 is 7.12. The molecule has 2 aromatic rings. The zero-order valence-corrected chi connectivity index (χ0v) is 10.9. The number of aliphatic hydroxyl groups is 2. The van der Waals surface area contributed by atoms with Gasteiger partial charge in [-0.15, -0.1) is 6.42 Å². The van der Waals surface area contributed by atoms with Crippen LogP contribution in [0.5, 0.6) is 0 Å². The van der Waals surface area contributed by atoms with Crippen molar-refractivity contribution in [1.82, 2.24) is 19.5 Å². The maximum Gasteiger partial charge on any atom is 0.167 e. The van der Waals surface area contributed by atoms with Crippen LogP contribution in [-0.4, -0.2) is 48.0 Å². The molecule has 4 atom stereocenters. The second-order valence-electron chi connectivity index (χ2n) is 4.58. The highest BCUT2D eigenvalue weighted by Gasteiger charge is 2.43. The molecule has 3 rings (SSSR count). The Bertz CT molecular complexity index is 735. The molecule has 3 heterocycles. The number of hydrogen-bond acceptors (Lipinski definition) is 7. The lowest BCUT2D eigenvalue weighted by atomic mass is 10.1. The Labute approximate surface area is 119 Å². The quantitative estimate of drug-likeness (QED) is 0.620. The maximum absolute atomic E-state index is 10.1. The first kappa shape index (κ1) is 13.5. The Balaban J connectivity index is 1.98. The fourth-order valence-electron chi connectivity index (χ4n) is 2.28. The average Bonchev–Trinajstić information content (AvgIpc) is 3.02. The van der Waals surface area contributed by atoms with E-state index in [2.05, 4.69) is 20.9 Å². The minimum atomic E-state index is -1.15. The van der Waals surface area contributed by atoms with Crippen molar-refractivity contribution < 1.29 is 14.9 Å². The third kappa shape index (κ3) is 2.13. The summed E-state index contributed by atoms with van der Waals surface area (Å²) in [4.78, 5) is 12.0. The van der Waals surface area contributed by atoms with E-state index in [4.69, 9.17) is 16.9 Å². The predicted octanol–water partition coefficient (Wildman–Crippen LogP) is -0.783. The number of fused-ring (bicyclic) bond motifs is 1. The second kappa shape index (κ2) is 5.14. The number of imidazole rings is 1. The molecule has 1 aliphatic heterocycles. The van der Waals surface area contributed by atoms with E-state index >= 15 is 0 Å². The van der Waals surface area contributed by atoms with Crippen molar-refractivity contribution in [3.8, 4) is 12.3 Å². The topological polar surface area (TPSA) is 119 Å². The number of rotatable bonds is 2. The third-order valence-corrected chi connectivity index (χ3v) is 3.32. The molecule has 0 spiro atoms. The molecule has 0 amide bonds. The summed E-state index contributed by atoms with van der Waals surface area (Å²) in [5.41, 5.74) is 6.53. The standard InChI is InChI=1S/C13H13N5O3/c1-2-3-4-7-9(19)10(20)13(21-7)18-6-17-8-11(14)15-5-16-12(8)18/h1,3-7,9-10,13,19-20H,(H2,14,15,16)/b4-3+/t7?,9-,10-,13-/m1/s1. The molecule has 8 heteroatoms. The number of anilines is 1.